The average Bonchev–Trinajstić information content (AvgIpc) is 3.27. The van der Waals surface area contributed by atoms with Gasteiger partial charge in [0.2, 0.25) is 5.91 Å². The van der Waals surface area contributed by atoms with E-state index in [1.165, 1.54) is 12.0 Å². The number of fused-ring (bicyclic) bond motifs is 1. The van der Waals surface area contributed by atoms with Crippen LogP contribution in [-0.4, -0.2) is 47.4 Å². The summed E-state index contributed by atoms with van der Waals surface area (Å²) < 4.78 is 5.21. The van der Waals surface area contributed by atoms with Gasteiger partial charge in [0.25, 0.3) is 5.91 Å². The van der Waals surface area contributed by atoms with Crippen molar-refractivity contribution in [3.63, 3.8) is 0 Å². The first kappa shape index (κ1) is 19.5. The Hall–Kier alpha value is -3.81. The molecule has 1 atom stereocenters. The van der Waals surface area contributed by atoms with Gasteiger partial charge in [0.1, 0.15) is 11.8 Å². The molecule has 0 spiro atoms. The topological polar surface area (TPSA) is 104 Å². The van der Waals surface area contributed by atoms with Gasteiger partial charge in [-0.3, -0.25) is 14.5 Å². The number of benzene rings is 2. The van der Waals surface area contributed by atoms with E-state index < -0.39 is 18.0 Å². The van der Waals surface area contributed by atoms with E-state index >= 15 is 0 Å². The number of amides is 4. The van der Waals surface area contributed by atoms with E-state index in [-0.39, 0.29) is 18.9 Å². The molecule has 8 nitrogen and oxygen atoms in total. The van der Waals surface area contributed by atoms with Gasteiger partial charge in [0.05, 0.1) is 19.2 Å². The van der Waals surface area contributed by atoms with Gasteiger partial charge < -0.3 is 20.4 Å². The number of nitrogens with zero attached hydrogens (tertiary/aromatic N) is 1. The second kappa shape index (κ2) is 8.28. The molecule has 1 aromatic heterocycles. The number of methoxy groups -OCH3 is 1. The predicted octanol–water partition coefficient (Wildman–Crippen LogP) is 2.67. The van der Waals surface area contributed by atoms with Crippen LogP contribution in [0.2, 0.25) is 0 Å². The Labute approximate surface area is 173 Å². The van der Waals surface area contributed by atoms with Gasteiger partial charge in [-0.2, -0.15) is 0 Å². The molecule has 3 N–H and O–H groups in total. The smallest absolute Gasteiger partial charge is 0.324 e. The largest absolute Gasteiger partial charge is 0.495 e. The van der Waals surface area contributed by atoms with E-state index in [2.05, 4.69) is 15.6 Å². The summed E-state index contributed by atoms with van der Waals surface area (Å²) in [4.78, 5) is 41.7. The number of ether oxygens (including phenoxy) is 1. The van der Waals surface area contributed by atoms with Crippen molar-refractivity contribution in [3.05, 3.63) is 60.3 Å². The third kappa shape index (κ3) is 3.84. The summed E-state index contributed by atoms with van der Waals surface area (Å²) in [7, 11) is 1.51. The second-order valence-electron chi connectivity index (χ2n) is 7.05. The molecule has 3 aromatic rings. The van der Waals surface area contributed by atoms with Gasteiger partial charge in [-0.25, -0.2) is 4.79 Å². The highest BCUT2D eigenvalue weighted by molar-refractivity contribution is 6.07. The minimum Gasteiger partial charge on any atom is -0.495 e. The summed E-state index contributed by atoms with van der Waals surface area (Å²) in [6.07, 6.45) is 2.27. The van der Waals surface area contributed by atoms with Gasteiger partial charge in [-0.15, -0.1) is 0 Å². The van der Waals surface area contributed by atoms with Crippen LogP contribution in [0.4, 0.5) is 10.5 Å². The Morgan fingerprint density at radius 1 is 1.13 bits per heavy atom. The van der Waals surface area contributed by atoms with Crippen LogP contribution >= 0.6 is 0 Å². The number of rotatable bonds is 7. The Kier molecular flexibility index (Phi) is 5.38. The summed E-state index contributed by atoms with van der Waals surface area (Å²) in [5.74, 6) is -0.250. The molecule has 1 aliphatic heterocycles. The Morgan fingerprint density at radius 2 is 1.90 bits per heavy atom. The number of hydrogen-bond donors (Lipinski definition) is 3. The van der Waals surface area contributed by atoms with Crippen LogP contribution in [0, 0.1) is 0 Å². The van der Waals surface area contributed by atoms with Gasteiger partial charge in [-0.05, 0) is 30.2 Å². The fraction of sp³-hybridized carbons (Fsp3) is 0.227. The lowest BCUT2D eigenvalue weighted by Gasteiger charge is -2.13. The van der Waals surface area contributed by atoms with Crippen molar-refractivity contribution in [1.29, 1.82) is 0 Å². The maximum Gasteiger partial charge on any atom is 0.324 e. The first-order chi connectivity index (χ1) is 14.6. The van der Waals surface area contributed by atoms with E-state index in [9.17, 15) is 14.4 Å². The highest BCUT2D eigenvalue weighted by Crippen LogP contribution is 2.24. The van der Waals surface area contributed by atoms with E-state index in [1.54, 1.807) is 24.3 Å². The van der Waals surface area contributed by atoms with Crippen molar-refractivity contribution >= 4 is 34.4 Å². The number of aromatic nitrogens is 1. The molecule has 2 aromatic carbocycles. The number of nitrogens with one attached hydrogen (secondary N) is 3. The van der Waals surface area contributed by atoms with Crippen LogP contribution in [0.1, 0.15) is 12.0 Å². The highest BCUT2D eigenvalue weighted by Gasteiger charge is 2.38. The lowest BCUT2D eigenvalue weighted by molar-refractivity contribution is -0.129. The number of carbonyl (C=O) groups excluding carboxylic acids is 3. The Morgan fingerprint density at radius 3 is 2.73 bits per heavy atom. The molecule has 2 heterocycles. The SMILES string of the molecule is COc1ccccc1NC(=O)CC1NC(=O)N(CCc2c[nH]c3ccccc23)C1=O. The van der Waals surface area contributed by atoms with E-state index in [0.717, 1.165) is 16.5 Å². The molecule has 4 rings (SSSR count). The number of anilines is 1. The Balaban J connectivity index is 1.37. The molecule has 1 unspecified atom stereocenters. The minimum atomic E-state index is -0.879. The zero-order chi connectivity index (χ0) is 21.1. The molecule has 154 valence electrons. The molecule has 0 aliphatic carbocycles. The molecular formula is C22H22N4O4. The van der Waals surface area contributed by atoms with E-state index in [0.29, 0.717) is 17.9 Å². The van der Waals surface area contributed by atoms with Crippen molar-refractivity contribution in [2.24, 2.45) is 0 Å². The van der Waals surface area contributed by atoms with Crippen molar-refractivity contribution < 1.29 is 19.1 Å². The van der Waals surface area contributed by atoms with Crippen LogP contribution < -0.4 is 15.4 Å². The number of para-hydroxylation sites is 3. The van der Waals surface area contributed by atoms with Crippen LogP contribution in [0.5, 0.6) is 5.75 Å². The molecule has 1 saturated heterocycles. The predicted molar refractivity (Wildman–Crippen MR) is 112 cm³/mol. The molecule has 0 bridgehead atoms. The summed E-state index contributed by atoms with van der Waals surface area (Å²) in [6.45, 7) is 0.247. The summed E-state index contributed by atoms with van der Waals surface area (Å²) in [6, 6.07) is 13.5. The second-order valence-corrected chi connectivity index (χ2v) is 7.05. The molecule has 1 fully saturated rings. The number of hydrogen-bond acceptors (Lipinski definition) is 4. The molecule has 0 saturated carbocycles. The number of carbonyl (C=O) groups is 3. The quantitative estimate of drug-likeness (QED) is 0.525. The van der Waals surface area contributed by atoms with Gasteiger partial charge in [-0.1, -0.05) is 30.3 Å². The lowest BCUT2D eigenvalue weighted by Crippen LogP contribution is -2.35. The lowest BCUT2D eigenvalue weighted by atomic mass is 10.1. The maximum absolute atomic E-state index is 12.7. The Bertz CT molecular complexity index is 1110. The van der Waals surface area contributed by atoms with Crippen molar-refractivity contribution in [2.75, 3.05) is 19.0 Å². The van der Waals surface area contributed by atoms with Gasteiger partial charge in [0.15, 0.2) is 0 Å². The normalized spacial score (nSPS) is 16.0. The summed E-state index contributed by atoms with van der Waals surface area (Å²) in [5.41, 5.74) is 2.55. The van der Waals surface area contributed by atoms with Gasteiger partial charge >= 0.3 is 6.03 Å². The molecule has 4 amide bonds. The molecule has 1 aliphatic rings. The monoisotopic (exact) mass is 406 g/mol. The third-order valence-corrected chi connectivity index (χ3v) is 5.16. The van der Waals surface area contributed by atoms with Crippen molar-refractivity contribution in [1.82, 2.24) is 15.2 Å². The van der Waals surface area contributed by atoms with E-state index in [4.69, 9.17) is 4.74 Å². The zero-order valence-corrected chi connectivity index (χ0v) is 16.5. The molecule has 8 heteroatoms. The highest BCUT2D eigenvalue weighted by atomic mass is 16.5. The summed E-state index contributed by atoms with van der Waals surface area (Å²) in [5, 5.41) is 6.39. The number of H-pyrrole nitrogens is 1. The molecule has 0 radical (unpaired) electrons. The first-order valence-corrected chi connectivity index (χ1v) is 9.66. The fourth-order valence-electron chi connectivity index (χ4n) is 3.63. The maximum atomic E-state index is 12.7. The average molecular weight is 406 g/mol. The molecule has 30 heavy (non-hydrogen) atoms. The van der Waals surface area contributed by atoms with Gasteiger partial charge in [0, 0.05) is 23.6 Å². The number of imide groups is 1. The van der Waals surface area contributed by atoms with Crippen LogP contribution in [0.25, 0.3) is 10.9 Å². The summed E-state index contributed by atoms with van der Waals surface area (Å²) >= 11 is 0. The van der Waals surface area contributed by atoms with Crippen molar-refractivity contribution in [3.8, 4) is 5.75 Å². The zero-order valence-electron chi connectivity index (χ0n) is 16.5. The van der Waals surface area contributed by atoms with Crippen LogP contribution in [0.15, 0.2) is 54.7 Å². The standard InChI is InChI=1S/C22H22N4O4/c1-30-19-9-5-4-8-17(19)24-20(27)12-18-21(28)26(22(29)25-18)11-10-14-13-23-16-7-3-2-6-15(14)16/h2-9,13,18,23H,10-12H2,1H3,(H,24,27)(H,25,29). The number of aromatic amines is 1. The molecular weight excluding hydrogens is 384 g/mol. The first-order valence-electron chi connectivity index (χ1n) is 9.66. The fourth-order valence-corrected chi connectivity index (χ4v) is 3.63. The number of urea groups is 1. The van der Waals surface area contributed by atoms with Crippen LogP contribution in [0.3, 0.4) is 0 Å². The minimum absolute atomic E-state index is 0.147. The van der Waals surface area contributed by atoms with Crippen LogP contribution in [-0.2, 0) is 16.0 Å². The van der Waals surface area contributed by atoms with E-state index in [1.807, 2.05) is 30.5 Å². The third-order valence-electron chi connectivity index (χ3n) is 5.16. The van der Waals surface area contributed by atoms with Crippen molar-refractivity contribution in [2.45, 2.75) is 18.9 Å².